The number of para-hydroxylation sites is 1. The number of rotatable bonds is 4. The second-order valence-corrected chi connectivity index (χ2v) is 6.91. The van der Waals surface area contributed by atoms with E-state index in [2.05, 4.69) is 10.3 Å². The van der Waals surface area contributed by atoms with Crippen LogP contribution in [0.15, 0.2) is 47.2 Å². The largest absolute Gasteiger partial charge is 0.486 e. The highest BCUT2D eigenvalue weighted by atomic mass is 16.6. The third-order valence-corrected chi connectivity index (χ3v) is 5.12. The fourth-order valence-corrected chi connectivity index (χ4v) is 3.88. The van der Waals surface area contributed by atoms with Gasteiger partial charge >= 0.3 is 0 Å². The Hall–Kier alpha value is -3.29. The lowest BCUT2D eigenvalue weighted by Crippen LogP contribution is -2.31. The van der Waals surface area contributed by atoms with E-state index < -0.39 is 0 Å². The fraction of sp³-hybridized carbons (Fsp3) is 0.350. The van der Waals surface area contributed by atoms with Gasteiger partial charge in [-0.1, -0.05) is 17.3 Å². The highest BCUT2D eigenvalue weighted by Gasteiger charge is 2.35. The smallest absolute Gasteiger partial charge is 0.276 e. The van der Waals surface area contributed by atoms with E-state index in [1.807, 2.05) is 35.4 Å². The van der Waals surface area contributed by atoms with Gasteiger partial charge in [-0.3, -0.25) is 9.48 Å². The summed E-state index contributed by atoms with van der Waals surface area (Å²) < 4.78 is 18.6. The summed E-state index contributed by atoms with van der Waals surface area (Å²) in [6.07, 6.45) is 5.34. The molecule has 0 aliphatic carbocycles. The number of aromatic nitrogens is 3. The normalized spacial score (nSPS) is 18.4. The number of hydrogen-bond donors (Lipinski definition) is 0. The van der Waals surface area contributed by atoms with Gasteiger partial charge in [0.2, 0.25) is 0 Å². The number of carbonyl (C=O) groups excluding carboxylic acids is 1. The van der Waals surface area contributed by atoms with Gasteiger partial charge in [0.1, 0.15) is 19.8 Å². The molecule has 0 bridgehead atoms. The molecule has 0 radical (unpaired) electrons. The van der Waals surface area contributed by atoms with E-state index in [1.165, 1.54) is 0 Å². The van der Waals surface area contributed by atoms with Gasteiger partial charge in [0, 0.05) is 30.6 Å². The molecule has 5 rings (SSSR count). The highest BCUT2D eigenvalue weighted by Crippen LogP contribution is 2.43. The maximum absolute atomic E-state index is 13.1. The summed E-state index contributed by atoms with van der Waals surface area (Å²) >= 11 is 0. The van der Waals surface area contributed by atoms with Crippen LogP contribution < -0.4 is 9.47 Å². The molecule has 8 heteroatoms. The van der Waals surface area contributed by atoms with E-state index >= 15 is 0 Å². The van der Waals surface area contributed by atoms with Crippen molar-refractivity contribution in [3.63, 3.8) is 0 Å². The van der Waals surface area contributed by atoms with Gasteiger partial charge < -0.3 is 18.9 Å². The predicted molar refractivity (Wildman–Crippen MR) is 98.3 cm³/mol. The quantitative estimate of drug-likeness (QED) is 0.692. The molecule has 144 valence electrons. The van der Waals surface area contributed by atoms with Crippen LogP contribution in [0.25, 0.3) is 0 Å². The molecule has 28 heavy (non-hydrogen) atoms. The number of benzene rings is 1. The van der Waals surface area contributed by atoms with Crippen LogP contribution in [-0.4, -0.2) is 45.5 Å². The van der Waals surface area contributed by atoms with Crippen molar-refractivity contribution in [2.24, 2.45) is 0 Å². The molecule has 8 nitrogen and oxygen atoms in total. The van der Waals surface area contributed by atoms with E-state index in [0.29, 0.717) is 37.8 Å². The molecule has 0 saturated carbocycles. The Bertz CT molecular complexity index is 982. The van der Waals surface area contributed by atoms with E-state index in [-0.39, 0.29) is 11.9 Å². The number of ether oxygens (including phenoxy) is 2. The molecule has 2 aliphatic rings. The zero-order valence-corrected chi connectivity index (χ0v) is 15.3. The van der Waals surface area contributed by atoms with Crippen molar-refractivity contribution < 1.29 is 18.8 Å². The van der Waals surface area contributed by atoms with Crippen LogP contribution in [0.3, 0.4) is 0 Å². The molecule has 1 aromatic carbocycles. The Labute approximate surface area is 161 Å². The molecular weight excluding hydrogens is 360 g/mol. The Morgan fingerprint density at radius 2 is 2.14 bits per heavy atom. The summed E-state index contributed by atoms with van der Waals surface area (Å²) in [7, 11) is 0. The van der Waals surface area contributed by atoms with E-state index in [1.54, 1.807) is 16.9 Å². The summed E-state index contributed by atoms with van der Waals surface area (Å²) in [4.78, 5) is 15.0. The van der Waals surface area contributed by atoms with E-state index in [0.717, 1.165) is 29.9 Å². The van der Waals surface area contributed by atoms with Crippen molar-refractivity contribution in [2.45, 2.75) is 25.4 Å². The molecule has 0 N–H and O–H groups in total. The van der Waals surface area contributed by atoms with E-state index in [9.17, 15) is 4.79 Å². The monoisotopic (exact) mass is 380 g/mol. The maximum atomic E-state index is 13.1. The van der Waals surface area contributed by atoms with Crippen LogP contribution in [0.1, 0.15) is 40.7 Å². The van der Waals surface area contributed by atoms with Crippen molar-refractivity contribution in [3.05, 3.63) is 59.7 Å². The Balaban J connectivity index is 1.39. The first kappa shape index (κ1) is 16.9. The second-order valence-electron chi connectivity index (χ2n) is 6.91. The molecule has 1 fully saturated rings. The highest BCUT2D eigenvalue weighted by molar-refractivity contribution is 5.92. The zero-order chi connectivity index (χ0) is 18.9. The predicted octanol–water partition coefficient (Wildman–Crippen LogP) is 2.67. The first-order chi connectivity index (χ1) is 13.8. The third-order valence-electron chi connectivity index (χ3n) is 5.12. The number of fused-ring (bicyclic) bond motifs is 1. The molecule has 3 aromatic rings. The fourth-order valence-electron chi connectivity index (χ4n) is 3.88. The van der Waals surface area contributed by atoms with Crippen LogP contribution in [0.4, 0.5) is 0 Å². The molecule has 2 aliphatic heterocycles. The van der Waals surface area contributed by atoms with Crippen LogP contribution >= 0.6 is 0 Å². The Morgan fingerprint density at radius 3 is 3.04 bits per heavy atom. The Kier molecular flexibility index (Phi) is 4.23. The lowest BCUT2D eigenvalue weighted by atomic mass is 10.0. The van der Waals surface area contributed by atoms with Gasteiger partial charge in [-0.25, -0.2) is 0 Å². The van der Waals surface area contributed by atoms with E-state index in [4.69, 9.17) is 14.0 Å². The second kappa shape index (κ2) is 7.03. The minimum atomic E-state index is -0.132. The molecule has 1 atom stereocenters. The van der Waals surface area contributed by atoms with Crippen molar-refractivity contribution in [3.8, 4) is 11.5 Å². The first-order valence-electron chi connectivity index (χ1n) is 9.42. The third kappa shape index (κ3) is 3.00. The van der Waals surface area contributed by atoms with Crippen LogP contribution in [0.5, 0.6) is 11.5 Å². The summed E-state index contributed by atoms with van der Waals surface area (Å²) in [6.45, 7) is 2.18. The van der Waals surface area contributed by atoms with Crippen LogP contribution in [-0.2, 0) is 6.54 Å². The number of hydrogen-bond acceptors (Lipinski definition) is 6. The van der Waals surface area contributed by atoms with Gasteiger partial charge in [0.25, 0.3) is 5.91 Å². The lowest BCUT2D eigenvalue weighted by Gasteiger charge is -2.28. The molecular formula is C20H20N4O4. The van der Waals surface area contributed by atoms with Crippen LogP contribution in [0.2, 0.25) is 0 Å². The van der Waals surface area contributed by atoms with Crippen molar-refractivity contribution in [1.82, 2.24) is 19.8 Å². The van der Waals surface area contributed by atoms with Gasteiger partial charge in [-0.05, 0) is 25.0 Å². The summed E-state index contributed by atoms with van der Waals surface area (Å²) in [6, 6.07) is 9.33. The number of amides is 1. The molecule has 0 spiro atoms. The van der Waals surface area contributed by atoms with Crippen molar-refractivity contribution in [2.75, 3.05) is 19.8 Å². The molecule has 1 saturated heterocycles. The van der Waals surface area contributed by atoms with Gasteiger partial charge in [0.05, 0.1) is 6.04 Å². The topological polar surface area (TPSA) is 82.6 Å². The van der Waals surface area contributed by atoms with Crippen molar-refractivity contribution in [1.29, 1.82) is 0 Å². The van der Waals surface area contributed by atoms with Gasteiger partial charge in [0.15, 0.2) is 23.0 Å². The van der Waals surface area contributed by atoms with Crippen LogP contribution in [0, 0.1) is 0 Å². The maximum Gasteiger partial charge on any atom is 0.276 e. The number of likely N-dealkylation sites (tertiary alicyclic amines) is 1. The van der Waals surface area contributed by atoms with Gasteiger partial charge in [-0.2, -0.15) is 5.10 Å². The average molecular weight is 380 g/mol. The number of carbonyl (C=O) groups is 1. The Morgan fingerprint density at radius 1 is 1.21 bits per heavy atom. The minimum absolute atomic E-state index is 0.0598. The summed E-state index contributed by atoms with van der Waals surface area (Å²) in [5.41, 5.74) is 1.30. The molecule has 1 amide bonds. The number of nitrogens with zero attached hydrogens (tertiary/aromatic N) is 4. The molecule has 2 aromatic heterocycles. The standard InChI is InChI=1S/C20H20N4O4/c25-20(16-12-14(28-22-16)13-23-8-3-7-21-23)24-9-2-5-17(24)15-4-1-6-18-19(15)27-11-10-26-18/h1,3-4,6-8,12,17H,2,5,9-11,13H2. The molecule has 4 heterocycles. The SMILES string of the molecule is O=C(c1cc(Cn2cccn2)on1)N1CCCC1c1cccc2c1OCCO2. The summed E-state index contributed by atoms with van der Waals surface area (Å²) in [5, 5.41) is 8.14. The average Bonchev–Trinajstić information content (AvgIpc) is 3.49. The first-order valence-corrected chi connectivity index (χ1v) is 9.42. The lowest BCUT2D eigenvalue weighted by molar-refractivity contribution is 0.0720. The van der Waals surface area contributed by atoms with Gasteiger partial charge in [-0.15, -0.1) is 0 Å². The zero-order valence-electron chi connectivity index (χ0n) is 15.3. The summed E-state index contributed by atoms with van der Waals surface area (Å²) in [5.74, 6) is 1.95. The van der Waals surface area contributed by atoms with Crippen molar-refractivity contribution >= 4 is 5.91 Å². The molecule has 1 unspecified atom stereocenters. The minimum Gasteiger partial charge on any atom is -0.486 e.